The van der Waals surface area contributed by atoms with Crippen molar-refractivity contribution in [2.75, 3.05) is 13.2 Å². The molecular weight excluding hydrogens is 288 g/mol. The molecule has 7 nitrogen and oxygen atoms in total. The summed E-state index contributed by atoms with van der Waals surface area (Å²) in [6, 6.07) is -1.42. The van der Waals surface area contributed by atoms with Crippen molar-refractivity contribution < 1.29 is 23.9 Å². The van der Waals surface area contributed by atoms with Crippen molar-refractivity contribution in [1.29, 1.82) is 0 Å². The highest BCUT2D eigenvalue weighted by molar-refractivity contribution is 5.89. The van der Waals surface area contributed by atoms with E-state index in [-0.39, 0.29) is 13.2 Å². The van der Waals surface area contributed by atoms with Crippen LogP contribution in [0.5, 0.6) is 0 Å². The molecule has 0 radical (unpaired) electrons. The minimum Gasteiger partial charge on any atom is -0.464 e. The van der Waals surface area contributed by atoms with E-state index in [1.54, 1.807) is 13.8 Å². The highest BCUT2D eigenvalue weighted by Crippen LogP contribution is 2.03. The maximum Gasteiger partial charge on any atom is 0.407 e. The van der Waals surface area contributed by atoms with Gasteiger partial charge in [0.15, 0.2) is 0 Å². The van der Waals surface area contributed by atoms with Crippen LogP contribution in [0.15, 0.2) is 0 Å². The van der Waals surface area contributed by atoms with Crippen molar-refractivity contribution >= 4 is 18.0 Å². The molecule has 0 aromatic heterocycles. The lowest BCUT2D eigenvalue weighted by Crippen LogP contribution is -2.52. The Morgan fingerprint density at radius 1 is 0.818 bits per heavy atom. The van der Waals surface area contributed by atoms with E-state index in [9.17, 15) is 14.4 Å². The fourth-order valence-electron chi connectivity index (χ4n) is 1.93. The number of ether oxygens (including phenoxy) is 2. The number of hydrogen-bond donors (Lipinski definition) is 2. The average molecular weight is 316 g/mol. The summed E-state index contributed by atoms with van der Waals surface area (Å²) in [4.78, 5) is 35.6. The summed E-state index contributed by atoms with van der Waals surface area (Å²) in [6.07, 6.45) is 1.75. The lowest BCUT2D eigenvalue weighted by atomic mass is 10.1. The Hall–Kier alpha value is -1.79. The minimum atomic E-state index is -0.724. The van der Waals surface area contributed by atoms with Crippen LogP contribution in [0.4, 0.5) is 4.79 Å². The van der Waals surface area contributed by atoms with E-state index in [0.717, 1.165) is 6.42 Å². The quantitative estimate of drug-likeness (QED) is 0.599. The number of esters is 1. The SMILES string of the molecule is CCCC(NC(=O)OCC)C(=O)NC(CCC)C(=O)OCC. The van der Waals surface area contributed by atoms with E-state index < -0.39 is 30.1 Å². The van der Waals surface area contributed by atoms with Crippen LogP contribution in [0.2, 0.25) is 0 Å². The summed E-state index contributed by atoms with van der Waals surface area (Å²) in [5, 5.41) is 5.16. The topological polar surface area (TPSA) is 93.7 Å². The lowest BCUT2D eigenvalue weighted by molar-refractivity contribution is -0.147. The number of carbonyl (C=O) groups is 3. The first-order valence-electron chi connectivity index (χ1n) is 7.90. The van der Waals surface area contributed by atoms with Crippen molar-refractivity contribution in [3.8, 4) is 0 Å². The number of hydrogen-bond acceptors (Lipinski definition) is 5. The van der Waals surface area contributed by atoms with Gasteiger partial charge in [0.05, 0.1) is 13.2 Å². The molecule has 0 saturated carbocycles. The Labute approximate surface area is 132 Å². The first-order chi connectivity index (χ1) is 10.5. The van der Waals surface area contributed by atoms with Gasteiger partial charge in [-0.05, 0) is 26.7 Å². The number of amides is 2. The summed E-state index contributed by atoms with van der Waals surface area (Å²) < 4.78 is 9.74. The Morgan fingerprint density at radius 2 is 1.36 bits per heavy atom. The first-order valence-corrected chi connectivity index (χ1v) is 7.90. The Morgan fingerprint density at radius 3 is 1.86 bits per heavy atom. The second-order valence-corrected chi connectivity index (χ2v) is 4.81. The van der Waals surface area contributed by atoms with Crippen LogP contribution in [0, 0.1) is 0 Å². The van der Waals surface area contributed by atoms with Gasteiger partial charge in [0, 0.05) is 0 Å². The van der Waals surface area contributed by atoms with Crippen molar-refractivity contribution in [3.05, 3.63) is 0 Å². The van der Waals surface area contributed by atoms with Gasteiger partial charge in [-0.25, -0.2) is 9.59 Å². The van der Waals surface area contributed by atoms with E-state index in [1.807, 2.05) is 13.8 Å². The predicted molar refractivity (Wildman–Crippen MR) is 82.3 cm³/mol. The van der Waals surface area contributed by atoms with Gasteiger partial charge in [0.2, 0.25) is 5.91 Å². The smallest absolute Gasteiger partial charge is 0.407 e. The third-order valence-electron chi connectivity index (χ3n) is 2.93. The maximum absolute atomic E-state index is 12.3. The third-order valence-corrected chi connectivity index (χ3v) is 2.93. The van der Waals surface area contributed by atoms with Crippen molar-refractivity contribution in [2.24, 2.45) is 0 Å². The highest BCUT2D eigenvalue weighted by atomic mass is 16.5. The zero-order valence-electron chi connectivity index (χ0n) is 13.9. The van der Waals surface area contributed by atoms with Crippen LogP contribution < -0.4 is 10.6 Å². The van der Waals surface area contributed by atoms with E-state index in [2.05, 4.69) is 10.6 Å². The molecule has 2 atom stereocenters. The predicted octanol–water partition coefficient (Wildman–Crippen LogP) is 1.75. The van der Waals surface area contributed by atoms with Gasteiger partial charge in [0.25, 0.3) is 0 Å². The van der Waals surface area contributed by atoms with Gasteiger partial charge in [-0.3, -0.25) is 4.79 Å². The molecule has 0 aliphatic heterocycles. The molecule has 0 heterocycles. The zero-order chi connectivity index (χ0) is 17.0. The second-order valence-electron chi connectivity index (χ2n) is 4.81. The summed E-state index contributed by atoms with van der Waals surface area (Å²) in [7, 11) is 0. The largest absolute Gasteiger partial charge is 0.464 e. The number of nitrogens with one attached hydrogen (secondary N) is 2. The maximum atomic E-state index is 12.3. The molecule has 0 rings (SSSR count). The summed E-state index contributed by atoms with van der Waals surface area (Å²) >= 11 is 0. The van der Waals surface area contributed by atoms with Crippen molar-refractivity contribution in [3.63, 3.8) is 0 Å². The van der Waals surface area contributed by atoms with Gasteiger partial charge in [-0.2, -0.15) is 0 Å². The molecule has 0 aromatic carbocycles. The number of rotatable bonds is 10. The minimum absolute atomic E-state index is 0.230. The van der Waals surface area contributed by atoms with Crippen LogP contribution in [-0.4, -0.2) is 43.3 Å². The van der Waals surface area contributed by atoms with E-state index in [4.69, 9.17) is 9.47 Å². The Balaban J connectivity index is 4.74. The van der Waals surface area contributed by atoms with Gasteiger partial charge >= 0.3 is 12.1 Å². The lowest BCUT2D eigenvalue weighted by Gasteiger charge is -2.21. The molecule has 2 amide bonds. The molecular formula is C15H28N2O5. The second kappa shape index (κ2) is 11.8. The van der Waals surface area contributed by atoms with Crippen molar-refractivity contribution in [1.82, 2.24) is 10.6 Å². The number of alkyl carbamates (subject to hydrolysis) is 1. The summed E-state index contributed by atoms with van der Waals surface area (Å²) in [6.45, 7) is 7.71. The Bertz CT molecular complexity index is 360. The molecule has 0 spiro atoms. The van der Waals surface area contributed by atoms with Crippen LogP contribution in [-0.2, 0) is 19.1 Å². The zero-order valence-corrected chi connectivity index (χ0v) is 13.9. The van der Waals surface area contributed by atoms with Crippen LogP contribution in [0.1, 0.15) is 53.4 Å². The van der Waals surface area contributed by atoms with E-state index >= 15 is 0 Å². The van der Waals surface area contributed by atoms with Gasteiger partial charge < -0.3 is 20.1 Å². The normalized spacial score (nSPS) is 12.9. The van der Waals surface area contributed by atoms with Crippen LogP contribution in [0.3, 0.4) is 0 Å². The fourth-order valence-corrected chi connectivity index (χ4v) is 1.93. The molecule has 22 heavy (non-hydrogen) atoms. The van der Waals surface area contributed by atoms with Gasteiger partial charge in [0.1, 0.15) is 12.1 Å². The Kier molecular flexibility index (Phi) is 10.9. The molecule has 2 unspecified atom stereocenters. The molecule has 0 fully saturated rings. The molecule has 2 N–H and O–H groups in total. The molecule has 128 valence electrons. The van der Waals surface area contributed by atoms with Gasteiger partial charge in [-0.1, -0.05) is 26.7 Å². The molecule has 0 aliphatic carbocycles. The molecule has 0 bridgehead atoms. The van der Waals surface area contributed by atoms with Crippen LogP contribution in [0.25, 0.3) is 0 Å². The molecule has 7 heteroatoms. The molecule has 0 aliphatic rings. The average Bonchev–Trinajstić information content (AvgIpc) is 2.46. The third kappa shape index (κ3) is 7.85. The van der Waals surface area contributed by atoms with Crippen LogP contribution >= 0.6 is 0 Å². The van der Waals surface area contributed by atoms with E-state index in [1.165, 1.54) is 0 Å². The standard InChI is InChI=1S/C15H28N2O5/c1-5-9-11(17-15(20)22-8-4)13(18)16-12(10-6-2)14(19)21-7-3/h11-12H,5-10H2,1-4H3,(H,16,18)(H,17,20). The molecule has 0 aromatic rings. The monoisotopic (exact) mass is 316 g/mol. The first kappa shape index (κ1) is 20.2. The molecule has 0 saturated heterocycles. The fraction of sp³-hybridized carbons (Fsp3) is 0.800. The van der Waals surface area contributed by atoms with Gasteiger partial charge in [-0.15, -0.1) is 0 Å². The van der Waals surface area contributed by atoms with Crippen molar-refractivity contribution in [2.45, 2.75) is 65.5 Å². The number of carbonyl (C=O) groups excluding carboxylic acids is 3. The van der Waals surface area contributed by atoms with E-state index in [0.29, 0.717) is 19.3 Å². The highest BCUT2D eigenvalue weighted by Gasteiger charge is 2.26. The summed E-state index contributed by atoms with van der Waals surface area (Å²) in [5.74, 6) is -0.856. The summed E-state index contributed by atoms with van der Waals surface area (Å²) in [5.41, 5.74) is 0.